The molecule has 0 aliphatic heterocycles. The Balaban J connectivity index is 2.41. The molecule has 0 saturated heterocycles. The molecule has 0 N–H and O–H groups in total. The van der Waals surface area contributed by atoms with Crippen molar-refractivity contribution in [2.24, 2.45) is 0 Å². The van der Waals surface area contributed by atoms with E-state index in [0.29, 0.717) is 10.3 Å². The summed E-state index contributed by atoms with van der Waals surface area (Å²) in [5, 5.41) is 7.84. The molecule has 0 saturated carbocycles. The highest BCUT2D eigenvalue weighted by Gasteiger charge is 2.40. The largest absolute Gasteiger partial charge is 0.0645 e. The summed E-state index contributed by atoms with van der Waals surface area (Å²) >= 11 is 0. The Morgan fingerprint density at radius 2 is 1.16 bits per heavy atom. The van der Waals surface area contributed by atoms with E-state index in [2.05, 4.69) is 96.1 Å². The molecule has 1 heteroatoms. The summed E-state index contributed by atoms with van der Waals surface area (Å²) in [4.78, 5) is 0. The van der Waals surface area contributed by atoms with Gasteiger partial charge in [0.25, 0.3) is 0 Å². The summed E-state index contributed by atoms with van der Waals surface area (Å²) in [6.07, 6.45) is 2.42. The van der Waals surface area contributed by atoms with Crippen molar-refractivity contribution in [3.63, 3.8) is 0 Å². The third-order valence-corrected chi connectivity index (χ3v) is 9.83. The van der Waals surface area contributed by atoms with E-state index in [-0.39, 0.29) is 7.92 Å². The Labute approximate surface area is 154 Å². The van der Waals surface area contributed by atoms with Crippen LogP contribution in [0.3, 0.4) is 0 Å². The zero-order valence-electron chi connectivity index (χ0n) is 16.6. The predicted molar refractivity (Wildman–Crippen MR) is 117 cm³/mol. The lowest BCUT2D eigenvalue weighted by molar-refractivity contribution is 0.610. The second kappa shape index (κ2) is 6.73. The molecule has 0 amide bonds. The molecule has 3 aromatic carbocycles. The predicted octanol–water partition coefficient (Wildman–Crippen LogP) is 7.48. The highest BCUT2D eigenvalue weighted by molar-refractivity contribution is 7.69. The fourth-order valence-electron chi connectivity index (χ4n) is 4.01. The van der Waals surface area contributed by atoms with Crippen LogP contribution in [0.1, 0.15) is 54.4 Å². The smallest absolute Gasteiger partial charge is 0.00990 e. The van der Waals surface area contributed by atoms with Gasteiger partial charge in [-0.05, 0) is 56.1 Å². The fourth-order valence-corrected chi connectivity index (χ4v) is 8.29. The minimum Gasteiger partial charge on any atom is -0.0645 e. The maximum absolute atomic E-state index is 2.50. The summed E-state index contributed by atoms with van der Waals surface area (Å²) in [7, 11) is -0.315. The van der Waals surface area contributed by atoms with Crippen LogP contribution < -0.4 is 5.30 Å². The Bertz CT molecular complexity index is 873. The highest BCUT2D eigenvalue weighted by Crippen LogP contribution is 2.62. The summed E-state index contributed by atoms with van der Waals surface area (Å²) in [5.74, 6) is 0. The molecule has 0 aliphatic carbocycles. The first-order valence-electron chi connectivity index (χ1n) is 9.52. The van der Waals surface area contributed by atoms with Crippen molar-refractivity contribution in [2.45, 2.75) is 64.7 Å². The molecule has 3 rings (SSSR count). The van der Waals surface area contributed by atoms with E-state index in [4.69, 9.17) is 0 Å². The average molecular weight is 350 g/mol. The third kappa shape index (κ3) is 3.22. The van der Waals surface area contributed by atoms with E-state index < -0.39 is 0 Å². The summed E-state index contributed by atoms with van der Waals surface area (Å²) in [5.41, 5.74) is 0. The van der Waals surface area contributed by atoms with Gasteiger partial charge in [0.05, 0.1) is 0 Å². The lowest BCUT2D eigenvalue weighted by Gasteiger charge is -2.45. The van der Waals surface area contributed by atoms with Gasteiger partial charge in [0.2, 0.25) is 0 Å². The quantitative estimate of drug-likeness (QED) is 0.330. The minimum absolute atomic E-state index is 0.315. The number of hydrogen-bond donors (Lipinski definition) is 0. The van der Waals surface area contributed by atoms with Gasteiger partial charge in [-0.15, -0.1) is 0 Å². The van der Waals surface area contributed by atoms with Gasteiger partial charge in [-0.1, -0.05) is 98.0 Å². The Morgan fingerprint density at radius 3 is 1.72 bits per heavy atom. The maximum Gasteiger partial charge on any atom is -0.00990 e. The number of fused-ring (bicyclic) bond motifs is 3. The molecule has 132 valence electrons. The zero-order chi connectivity index (χ0) is 18.2. The van der Waals surface area contributed by atoms with Crippen molar-refractivity contribution < 1.29 is 0 Å². The first-order chi connectivity index (χ1) is 11.8. The molecule has 3 aromatic rings. The van der Waals surface area contributed by atoms with Crippen LogP contribution in [0.4, 0.5) is 0 Å². The summed E-state index contributed by atoms with van der Waals surface area (Å²) in [6.45, 7) is 14.6. The topological polar surface area (TPSA) is 0 Å². The molecule has 0 nitrogen and oxygen atoms in total. The Morgan fingerprint density at radius 1 is 0.680 bits per heavy atom. The monoisotopic (exact) mass is 350 g/mol. The fraction of sp³-hybridized carbons (Fsp3) is 0.417. The number of rotatable bonds is 5. The van der Waals surface area contributed by atoms with E-state index in [1.807, 2.05) is 0 Å². The summed E-state index contributed by atoms with van der Waals surface area (Å²) < 4.78 is 0. The maximum atomic E-state index is 2.50. The molecule has 25 heavy (non-hydrogen) atoms. The van der Waals surface area contributed by atoms with Gasteiger partial charge in [0, 0.05) is 0 Å². The zero-order valence-corrected chi connectivity index (χ0v) is 17.5. The van der Waals surface area contributed by atoms with Gasteiger partial charge >= 0.3 is 0 Å². The number of hydrogen-bond acceptors (Lipinski definition) is 0. The molecular weight excluding hydrogens is 319 g/mol. The molecule has 0 unspecified atom stereocenters. The molecule has 0 fully saturated rings. The van der Waals surface area contributed by atoms with Gasteiger partial charge in [-0.2, -0.15) is 0 Å². The van der Waals surface area contributed by atoms with Crippen molar-refractivity contribution in [3.05, 3.63) is 54.6 Å². The van der Waals surface area contributed by atoms with Crippen LogP contribution >= 0.6 is 7.92 Å². The normalized spacial score (nSPS) is 13.1. The van der Waals surface area contributed by atoms with Crippen LogP contribution in [-0.4, -0.2) is 10.3 Å². The molecule has 0 heterocycles. The molecule has 0 bridgehead atoms. The minimum atomic E-state index is -0.315. The molecular formula is C24H31P. The van der Waals surface area contributed by atoms with E-state index in [9.17, 15) is 0 Å². The van der Waals surface area contributed by atoms with Crippen LogP contribution in [0.15, 0.2) is 54.6 Å². The van der Waals surface area contributed by atoms with Crippen LogP contribution in [0.2, 0.25) is 0 Å². The van der Waals surface area contributed by atoms with E-state index in [0.717, 1.165) is 0 Å². The third-order valence-electron chi connectivity index (χ3n) is 5.93. The van der Waals surface area contributed by atoms with Crippen LogP contribution in [0.5, 0.6) is 0 Å². The van der Waals surface area contributed by atoms with Crippen molar-refractivity contribution in [2.75, 3.05) is 0 Å². The van der Waals surface area contributed by atoms with Crippen LogP contribution in [0, 0.1) is 0 Å². The van der Waals surface area contributed by atoms with Crippen molar-refractivity contribution in [1.82, 2.24) is 0 Å². The second-order valence-corrected chi connectivity index (χ2v) is 11.9. The second-order valence-electron chi connectivity index (χ2n) is 8.33. The Kier molecular flexibility index (Phi) is 4.95. The highest BCUT2D eigenvalue weighted by atomic mass is 31.1. The molecule has 0 radical (unpaired) electrons. The molecule has 0 spiro atoms. The van der Waals surface area contributed by atoms with E-state index >= 15 is 0 Å². The standard InChI is InChI=1S/C24H31P/c1-7-23(3,4)25(24(5,6)8-2)22-17-18-13-9-10-14-19(18)20-15-11-12-16-21(20)22/h9-17H,7-8H2,1-6H3. The Hall–Kier alpha value is -1.39. The van der Waals surface area contributed by atoms with E-state index in [1.54, 1.807) is 5.30 Å². The average Bonchev–Trinajstić information content (AvgIpc) is 2.61. The van der Waals surface area contributed by atoms with E-state index in [1.165, 1.54) is 34.4 Å². The van der Waals surface area contributed by atoms with Gasteiger partial charge in [-0.3, -0.25) is 0 Å². The summed E-state index contributed by atoms with van der Waals surface area (Å²) in [6, 6.07) is 20.4. The molecule has 0 aliphatic rings. The van der Waals surface area contributed by atoms with Crippen LogP contribution in [0.25, 0.3) is 21.5 Å². The van der Waals surface area contributed by atoms with Gasteiger partial charge < -0.3 is 0 Å². The van der Waals surface area contributed by atoms with Crippen molar-refractivity contribution >= 4 is 34.8 Å². The van der Waals surface area contributed by atoms with Gasteiger partial charge in [0.15, 0.2) is 0 Å². The lowest BCUT2D eigenvalue weighted by Crippen LogP contribution is -2.34. The van der Waals surface area contributed by atoms with Crippen molar-refractivity contribution in [3.8, 4) is 0 Å². The number of benzene rings is 3. The first kappa shape index (κ1) is 18.4. The lowest BCUT2D eigenvalue weighted by atomic mass is 10.0. The van der Waals surface area contributed by atoms with Crippen LogP contribution in [-0.2, 0) is 0 Å². The van der Waals surface area contributed by atoms with Gasteiger partial charge in [0.1, 0.15) is 0 Å². The van der Waals surface area contributed by atoms with Crippen molar-refractivity contribution in [1.29, 1.82) is 0 Å². The van der Waals surface area contributed by atoms with Gasteiger partial charge in [-0.25, -0.2) is 0 Å². The molecule has 0 aromatic heterocycles. The first-order valence-corrected chi connectivity index (χ1v) is 10.9. The molecule has 0 atom stereocenters. The SMILES string of the molecule is CCC(C)(C)P(c1cc2ccccc2c2ccccc12)C(C)(C)CC.